The Labute approximate surface area is 203 Å². The molecule has 1 fully saturated rings. The Morgan fingerprint density at radius 3 is 2.60 bits per heavy atom. The van der Waals surface area contributed by atoms with Crippen LogP contribution in [0.1, 0.15) is 18.1 Å². The van der Waals surface area contributed by atoms with Crippen molar-refractivity contribution in [2.45, 2.75) is 20.4 Å². The zero-order valence-electron chi connectivity index (χ0n) is 19.9. The molecule has 1 aliphatic heterocycles. The number of morpholine rings is 1. The average Bonchev–Trinajstić information content (AvgIpc) is 3.27. The molecule has 10 heteroatoms. The van der Waals surface area contributed by atoms with Crippen LogP contribution >= 0.6 is 0 Å². The first-order valence-corrected chi connectivity index (χ1v) is 11.6. The molecule has 3 aromatic heterocycles. The quantitative estimate of drug-likeness (QED) is 0.322. The average molecular weight is 472 g/mol. The number of hydrogen-bond acceptors (Lipinski definition) is 9. The van der Waals surface area contributed by atoms with Crippen LogP contribution in [0.3, 0.4) is 0 Å². The van der Waals surface area contributed by atoms with Crippen LogP contribution in [0.2, 0.25) is 0 Å². The van der Waals surface area contributed by atoms with Crippen molar-refractivity contribution in [1.29, 1.82) is 0 Å². The summed E-state index contributed by atoms with van der Waals surface area (Å²) in [6.45, 7) is 7.44. The maximum atomic E-state index is 6.44. The fourth-order valence-corrected chi connectivity index (χ4v) is 4.21. The predicted octanol–water partition coefficient (Wildman–Crippen LogP) is 2.69. The van der Waals surface area contributed by atoms with Crippen molar-refractivity contribution >= 4 is 28.6 Å². The largest absolute Gasteiger partial charge is 0.397 e. The molecule has 10 nitrogen and oxygen atoms in total. The summed E-state index contributed by atoms with van der Waals surface area (Å²) in [6, 6.07) is 11.8. The molecule has 0 bridgehead atoms. The molecule has 1 aromatic carbocycles. The molecule has 0 aliphatic carbocycles. The second-order valence-electron chi connectivity index (χ2n) is 8.40. The van der Waals surface area contributed by atoms with E-state index in [0.717, 1.165) is 33.8 Å². The van der Waals surface area contributed by atoms with E-state index in [1.54, 1.807) is 18.6 Å². The van der Waals surface area contributed by atoms with Crippen molar-refractivity contribution in [1.82, 2.24) is 24.5 Å². The SMILES string of the molecule is CCn1c(-c2ccncc2)nc2c(N3CCOCC3)nc(N(N)/C=C(\N)c3cccc(C)c3)nc21. The molecule has 4 heterocycles. The van der Waals surface area contributed by atoms with E-state index in [9.17, 15) is 0 Å². The summed E-state index contributed by atoms with van der Waals surface area (Å²) in [4.78, 5) is 21.0. The van der Waals surface area contributed by atoms with Crippen molar-refractivity contribution in [3.05, 3.63) is 66.1 Å². The number of ether oxygens (including phenoxy) is 1. The summed E-state index contributed by atoms with van der Waals surface area (Å²) >= 11 is 0. The third-order valence-corrected chi connectivity index (χ3v) is 5.99. The molecule has 4 aromatic rings. The highest BCUT2D eigenvalue weighted by Crippen LogP contribution is 2.31. The number of hydrazine groups is 1. The van der Waals surface area contributed by atoms with Crippen LogP contribution in [-0.2, 0) is 11.3 Å². The van der Waals surface area contributed by atoms with Gasteiger partial charge in [-0.15, -0.1) is 0 Å². The smallest absolute Gasteiger partial charge is 0.248 e. The van der Waals surface area contributed by atoms with Crippen molar-refractivity contribution < 1.29 is 4.74 Å². The molecule has 35 heavy (non-hydrogen) atoms. The minimum Gasteiger partial charge on any atom is -0.397 e. The second kappa shape index (κ2) is 9.69. The number of imidazole rings is 1. The van der Waals surface area contributed by atoms with Gasteiger partial charge in [-0.1, -0.05) is 23.8 Å². The number of nitrogens with two attached hydrogens (primary N) is 2. The number of anilines is 2. The Balaban J connectivity index is 1.64. The molecule has 0 amide bonds. The lowest BCUT2D eigenvalue weighted by Gasteiger charge is -2.28. The van der Waals surface area contributed by atoms with E-state index in [0.29, 0.717) is 50.1 Å². The maximum absolute atomic E-state index is 6.44. The molecule has 180 valence electrons. The molecule has 1 saturated heterocycles. The van der Waals surface area contributed by atoms with Crippen LogP contribution in [0.15, 0.2) is 55.0 Å². The molecule has 0 radical (unpaired) electrons. The van der Waals surface area contributed by atoms with Gasteiger partial charge >= 0.3 is 0 Å². The topological polar surface area (TPSA) is 124 Å². The van der Waals surface area contributed by atoms with E-state index in [2.05, 4.69) is 21.4 Å². The number of aromatic nitrogens is 5. The fraction of sp³-hybridized carbons (Fsp3) is 0.280. The molecule has 4 N–H and O–H groups in total. The molecule has 0 saturated carbocycles. The van der Waals surface area contributed by atoms with Gasteiger partial charge in [-0.3, -0.25) is 9.99 Å². The van der Waals surface area contributed by atoms with Crippen molar-refractivity contribution in [2.75, 3.05) is 36.2 Å². The highest BCUT2D eigenvalue weighted by molar-refractivity contribution is 5.88. The number of hydrogen-bond donors (Lipinski definition) is 2. The first-order valence-electron chi connectivity index (χ1n) is 11.6. The highest BCUT2D eigenvalue weighted by atomic mass is 16.5. The zero-order valence-corrected chi connectivity index (χ0v) is 19.9. The monoisotopic (exact) mass is 471 g/mol. The molecule has 5 rings (SSSR count). The van der Waals surface area contributed by atoms with Crippen molar-refractivity contribution in [2.24, 2.45) is 11.6 Å². The van der Waals surface area contributed by atoms with Crippen LogP contribution < -0.4 is 21.5 Å². The minimum atomic E-state index is 0.338. The molecular formula is C25H29N9O. The predicted molar refractivity (Wildman–Crippen MR) is 137 cm³/mol. The molecule has 0 atom stereocenters. The Kier molecular flexibility index (Phi) is 6.30. The van der Waals surface area contributed by atoms with Gasteiger partial charge in [-0.2, -0.15) is 9.97 Å². The van der Waals surface area contributed by atoms with Gasteiger partial charge in [0.15, 0.2) is 17.0 Å². The summed E-state index contributed by atoms with van der Waals surface area (Å²) in [7, 11) is 0. The Bertz CT molecular complexity index is 1360. The minimum absolute atomic E-state index is 0.338. The van der Waals surface area contributed by atoms with Crippen LogP contribution in [0, 0.1) is 6.92 Å². The number of aryl methyl sites for hydroxylation is 2. The summed E-state index contributed by atoms with van der Waals surface area (Å²) in [6.07, 6.45) is 5.17. The van der Waals surface area contributed by atoms with E-state index < -0.39 is 0 Å². The van der Waals surface area contributed by atoms with Gasteiger partial charge in [-0.05, 0) is 37.6 Å². The Morgan fingerprint density at radius 2 is 1.89 bits per heavy atom. The summed E-state index contributed by atoms with van der Waals surface area (Å²) < 4.78 is 7.63. The third kappa shape index (κ3) is 4.53. The zero-order chi connectivity index (χ0) is 24.4. The fourth-order valence-electron chi connectivity index (χ4n) is 4.21. The van der Waals surface area contributed by atoms with Gasteiger partial charge in [0, 0.05) is 43.8 Å². The highest BCUT2D eigenvalue weighted by Gasteiger charge is 2.24. The van der Waals surface area contributed by atoms with Gasteiger partial charge in [0.1, 0.15) is 5.82 Å². The second-order valence-corrected chi connectivity index (χ2v) is 8.40. The molecular weight excluding hydrogens is 442 g/mol. The van der Waals surface area contributed by atoms with E-state index in [4.69, 9.17) is 31.3 Å². The lowest BCUT2D eigenvalue weighted by Crippen LogP contribution is -2.37. The van der Waals surface area contributed by atoms with Gasteiger partial charge in [0.25, 0.3) is 0 Å². The Hall–Kier alpha value is -4.02. The lowest BCUT2D eigenvalue weighted by atomic mass is 10.1. The summed E-state index contributed by atoms with van der Waals surface area (Å²) in [5.41, 5.74) is 11.3. The standard InChI is InChI=1S/C25H29N9O/c1-3-33-22(18-7-9-28-10-8-18)29-21-23(32-11-13-35-14-12-32)30-25(31-24(21)33)34(27)16-20(26)19-6-4-5-17(2)15-19/h4-10,15-16H,3,11-14,26-27H2,1-2H3/b20-16-. The van der Waals surface area contributed by atoms with Crippen molar-refractivity contribution in [3.63, 3.8) is 0 Å². The number of benzene rings is 1. The van der Waals surface area contributed by atoms with Gasteiger partial charge in [0.2, 0.25) is 5.95 Å². The van der Waals surface area contributed by atoms with Gasteiger partial charge in [0.05, 0.1) is 18.9 Å². The third-order valence-electron chi connectivity index (χ3n) is 5.99. The molecule has 0 spiro atoms. The molecule has 0 unspecified atom stereocenters. The number of nitrogens with zero attached hydrogens (tertiary/aromatic N) is 7. The van der Waals surface area contributed by atoms with E-state index in [1.807, 2.05) is 43.3 Å². The van der Waals surface area contributed by atoms with Gasteiger partial charge < -0.3 is 19.9 Å². The number of rotatable bonds is 6. The number of fused-ring (bicyclic) bond motifs is 1. The lowest BCUT2D eigenvalue weighted by molar-refractivity contribution is 0.122. The van der Waals surface area contributed by atoms with Crippen LogP contribution in [0.25, 0.3) is 28.2 Å². The Morgan fingerprint density at radius 1 is 1.11 bits per heavy atom. The number of pyridine rings is 1. The maximum Gasteiger partial charge on any atom is 0.248 e. The van der Waals surface area contributed by atoms with Gasteiger partial charge in [-0.25, -0.2) is 10.8 Å². The van der Waals surface area contributed by atoms with Crippen LogP contribution in [-0.4, -0.2) is 50.8 Å². The first kappa shape index (κ1) is 22.8. The normalized spacial score (nSPS) is 14.5. The van der Waals surface area contributed by atoms with Crippen LogP contribution in [0.5, 0.6) is 0 Å². The first-order chi connectivity index (χ1) is 17.0. The summed E-state index contributed by atoms with van der Waals surface area (Å²) in [5.74, 6) is 8.32. The van der Waals surface area contributed by atoms with E-state index in [-0.39, 0.29) is 0 Å². The summed E-state index contributed by atoms with van der Waals surface area (Å²) in [5, 5.41) is 1.38. The van der Waals surface area contributed by atoms with Crippen molar-refractivity contribution in [3.8, 4) is 11.4 Å². The van der Waals surface area contributed by atoms with Crippen LogP contribution in [0.4, 0.5) is 11.8 Å². The molecule has 1 aliphatic rings. The van der Waals surface area contributed by atoms with E-state index >= 15 is 0 Å². The van der Waals surface area contributed by atoms with E-state index in [1.165, 1.54) is 5.01 Å².